The van der Waals surface area contributed by atoms with Crippen molar-refractivity contribution in [3.63, 3.8) is 0 Å². The minimum atomic E-state index is -1.15. The zero-order chi connectivity index (χ0) is 18.1. The smallest absolute Gasteiger partial charge is 0.344 e. The van der Waals surface area contributed by atoms with Crippen LogP contribution in [-0.4, -0.2) is 21.5 Å². The highest BCUT2D eigenvalue weighted by Crippen LogP contribution is 2.30. The van der Waals surface area contributed by atoms with Crippen LogP contribution in [0.4, 0.5) is 5.69 Å². The van der Waals surface area contributed by atoms with Gasteiger partial charge >= 0.3 is 11.6 Å². The highest BCUT2D eigenvalue weighted by molar-refractivity contribution is 5.91. The number of hydrogen-bond donors (Lipinski definition) is 3. The number of rotatable bonds is 4. The Balaban J connectivity index is 2.29. The van der Waals surface area contributed by atoms with Gasteiger partial charge in [0.15, 0.2) is 0 Å². The Labute approximate surface area is 140 Å². The maximum atomic E-state index is 12.4. The molecule has 0 saturated carbocycles. The SMILES string of the molecule is O=C(O)Cc1c(-c2ccc(N(O)O)cc2)c(=O)oc2cc([O-])ccc12. The molecule has 3 rings (SSSR count). The van der Waals surface area contributed by atoms with Crippen molar-refractivity contribution in [2.24, 2.45) is 0 Å². The molecule has 0 saturated heterocycles. The van der Waals surface area contributed by atoms with E-state index in [-0.39, 0.29) is 33.4 Å². The second-order valence-corrected chi connectivity index (χ2v) is 5.31. The molecule has 0 unspecified atom stereocenters. The number of benzene rings is 2. The zero-order valence-electron chi connectivity index (χ0n) is 12.7. The van der Waals surface area contributed by atoms with Crippen molar-refractivity contribution in [1.82, 2.24) is 0 Å². The summed E-state index contributed by atoms with van der Waals surface area (Å²) in [6, 6.07) is 9.34. The van der Waals surface area contributed by atoms with Gasteiger partial charge in [-0.3, -0.25) is 15.2 Å². The van der Waals surface area contributed by atoms with E-state index in [9.17, 15) is 19.8 Å². The van der Waals surface area contributed by atoms with Crippen LogP contribution in [0.1, 0.15) is 5.56 Å². The first-order chi connectivity index (χ1) is 11.9. The average Bonchev–Trinajstić information content (AvgIpc) is 2.54. The van der Waals surface area contributed by atoms with Crippen molar-refractivity contribution >= 4 is 22.6 Å². The molecule has 0 aliphatic carbocycles. The van der Waals surface area contributed by atoms with Gasteiger partial charge in [0.05, 0.1) is 17.7 Å². The van der Waals surface area contributed by atoms with Crippen LogP contribution in [0.5, 0.6) is 5.75 Å². The van der Waals surface area contributed by atoms with Gasteiger partial charge in [-0.05, 0) is 29.3 Å². The van der Waals surface area contributed by atoms with Gasteiger partial charge in [-0.2, -0.15) is 0 Å². The fourth-order valence-corrected chi connectivity index (χ4v) is 2.63. The Bertz CT molecular complexity index is 1010. The van der Waals surface area contributed by atoms with Crippen molar-refractivity contribution in [1.29, 1.82) is 0 Å². The second-order valence-electron chi connectivity index (χ2n) is 5.31. The molecular formula is C17H12NO7-. The number of carbonyl (C=O) groups is 1. The first-order valence-corrected chi connectivity index (χ1v) is 7.13. The number of hydrogen-bond acceptors (Lipinski definition) is 7. The van der Waals surface area contributed by atoms with E-state index >= 15 is 0 Å². The highest BCUT2D eigenvalue weighted by atomic mass is 16.8. The van der Waals surface area contributed by atoms with Crippen LogP contribution in [0, 0.1) is 0 Å². The van der Waals surface area contributed by atoms with Crippen LogP contribution in [-0.2, 0) is 11.2 Å². The van der Waals surface area contributed by atoms with Crippen LogP contribution in [0.25, 0.3) is 22.1 Å². The third-order valence-electron chi connectivity index (χ3n) is 3.70. The summed E-state index contributed by atoms with van der Waals surface area (Å²) >= 11 is 0. The molecule has 3 aromatic rings. The lowest BCUT2D eigenvalue weighted by Crippen LogP contribution is -2.13. The molecule has 0 aliphatic heterocycles. The third kappa shape index (κ3) is 3.16. The first-order valence-electron chi connectivity index (χ1n) is 7.13. The van der Waals surface area contributed by atoms with E-state index < -0.39 is 18.0 Å². The molecule has 8 heteroatoms. The van der Waals surface area contributed by atoms with Gasteiger partial charge in [0.1, 0.15) is 5.58 Å². The normalized spacial score (nSPS) is 10.8. The predicted octanol–water partition coefficient (Wildman–Crippen LogP) is 1.75. The number of nitrogens with zero attached hydrogens (tertiary/aromatic N) is 1. The van der Waals surface area contributed by atoms with E-state index in [1.54, 1.807) is 0 Å². The lowest BCUT2D eigenvalue weighted by Gasteiger charge is -2.13. The maximum Gasteiger partial charge on any atom is 0.344 e. The second kappa shape index (κ2) is 6.27. The van der Waals surface area contributed by atoms with Gasteiger partial charge in [-0.15, -0.1) is 11.0 Å². The van der Waals surface area contributed by atoms with E-state index in [2.05, 4.69) is 0 Å². The van der Waals surface area contributed by atoms with Crippen LogP contribution in [0.2, 0.25) is 0 Å². The van der Waals surface area contributed by atoms with Gasteiger partial charge in [-0.1, -0.05) is 24.3 Å². The van der Waals surface area contributed by atoms with E-state index in [0.29, 0.717) is 10.9 Å². The van der Waals surface area contributed by atoms with Crippen LogP contribution in [0.3, 0.4) is 0 Å². The van der Waals surface area contributed by atoms with E-state index in [1.165, 1.54) is 36.4 Å². The lowest BCUT2D eigenvalue weighted by molar-refractivity contribution is -0.268. The zero-order valence-corrected chi connectivity index (χ0v) is 12.7. The molecule has 128 valence electrons. The van der Waals surface area contributed by atoms with Crippen molar-refractivity contribution in [3.8, 4) is 16.9 Å². The molecule has 3 N–H and O–H groups in total. The van der Waals surface area contributed by atoms with Gasteiger partial charge in [0, 0.05) is 5.39 Å². The first kappa shape index (κ1) is 16.5. The summed E-state index contributed by atoms with van der Waals surface area (Å²) in [5, 5.41) is 38.9. The molecule has 8 nitrogen and oxygen atoms in total. The summed E-state index contributed by atoms with van der Waals surface area (Å²) < 4.78 is 5.17. The molecule has 25 heavy (non-hydrogen) atoms. The molecular weight excluding hydrogens is 330 g/mol. The number of fused-ring (bicyclic) bond motifs is 1. The van der Waals surface area contributed by atoms with Gasteiger partial charge < -0.3 is 14.6 Å². The predicted molar refractivity (Wildman–Crippen MR) is 84.8 cm³/mol. The summed E-state index contributed by atoms with van der Waals surface area (Å²) in [6.07, 6.45) is -0.441. The molecule has 1 heterocycles. The van der Waals surface area contributed by atoms with Crippen molar-refractivity contribution in [3.05, 3.63) is 58.4 Å². The molecule has 0 radical (unpaired) electrons. The summed E-state index contributed by atoms with van der Waals surface area (Å²) in [5.41, 5.74) is -0.0924. The van der Waals surface area contributed by atoms with Crippen molar-refractivity contribution in [2.75, 3.05) is 5.23 Å². The minimum Gasteiger partial charge on any atom is -0.872 e. The van der Waals surface area contributed by atoms with Crippen molar-refractivity contribution < 1.29 is 29.8 Å². The molecule has 0 fully saturated rings. The topological polar surface area (TPSA) is 134 Å². The largest absolute Gasteiger partial charge is 0.872 e. The Morgan fingerprint density at radius 3 is 2.40 bits per heavy atom. The van der Waals surface area contributed by atoms with E-state index in [4.69, 9.17) is 14.8 Å². The Morgan fingerprint density at radius 1 is 1.12 bits per heavy atom. The fourth-order valence-electron chi connectivity index (χ4n) is 2.63. The fraction of sp³-hybridized carbons (Fsp3) is 0.0588. The molecule has 0 amide bonds. The lowest BCUT2D eigenvalue weighted by atomic mass is 9.96. The number of anilines is 1. The highest BCUT2D eigenvalue weighted by Gasteiger charge is 2.18. The standard InChI is InChI=1S/C17H13NO7/c19-11-5-6-12-13(8-15(20)21)16(17(22)25-14(12)7-11)9-1-3-10(4-2-9)18(23)24/h1-7,19,23-24H,8H2,(H,20,21)/p-1. The number of aliphatic carboxylic acids is 1. The number of carboxylic acids is 1. The molecule has 0 spiro atoms. The quantitative estimate of drug-likeness (QED) is 0.482. The summed E-state index contributed by atoms with van der Waals surface area (Å²) in [4.78, 5) is 23.6. The van der Waals surface area contributed by atoms with E-state index in [0.717, 1.165) is 6.07 Å². The Hall–Kier alpha value is -3.36. The maximum absolute atomic E-state index is 12.4. The molecule has 1 aromatic heterocycles. The Kier molecular flexibility index (Phi) is 4.14. The molecule has 0 bridgehead atoms. The van der Waals surface area contributed by atoms with Crippen LogP contribution in [0.15, 0.2) is 51.7 Å². The monoisotopic (exact) mass is 342 g/mol. The minimum absolute atomic E-state index is 0.0195. The van der Waals surface area contributed by atoms with E-state index in [1.807, 2.05) is 0 Å². The van der Waals surface area contributed by atoms with Gasteiger partial charge in [0.2, 0.25) is 0 Å². The molecule has 2 aromatic carbocycles. The summed E-state index contributed by atoms with van der Waals surface area (Å²) in [5.74, 6) is -1.51. The molecule has 0 atom stereocenters. The summed E-state index contributed by atoms with van der Waals surface area (Å²) in [7, 11) is 0. The Morgan fingerprint density at radius 2 is 1.80 bits per heavy atom. The summed E-state index contributed by atoms with van der Waals surface area (Å²) in [6.45, 7) is 0. The molecule has 0 aliphatic rings. The number of carboxylic acid groups (broad SMARTS) is 1. The average molecular weight is 342 g/mol. The third-order valence-corrected chi connectivity index (χ3v) is 3.70. The van der Waals surface area contributed by atoms with Gasteiger partial charge in [-0.25, -0.2) is 4.79 Å². The van der Waals surface area contributed by atoms with Crippen molar-refractivity contribution in [2.45, 2.75) is 6.42 Å². The van der Waals surface area contributed by atoms with Crippen LogP contribution < -0.4 is 16.0 Å². The van der Waals surface area contributed by atoms with Crippen LogP contribution >= 0.6 is 0 Å². The van der Waals surface area contributed by atoms with Gasteiger partial charge in [0.25, 0.3) is 0 Å².